The maximum Gasteiger partial charge on any atom is 0.244 e. The molecule has 1 aliphatic carbocycles. The maximum atomic E-state index is 5.51. The van der Waals surface area contributed by atoms with Crippen LogP contribution < -0.4 is 5.32 Å². The van der Waals surface area contributed by atoms with E-state index in [1.807, 2.05) is 0 Å². The summed E-state index contributed by atoms with van der Waals surface area (Å²) in [6, 6.07) is 0.520. The highest BCUT2D eigenvalue weighted by Crippen LogP contribution is 2.36. The number of nitrogens with one attached hydrogen (secondary N) is 2. The number of rotatable bonds is 4. The normalized spacial score (nSPS) is 23.8. The molecule has 1 aliphatic rings. The summed E-state index contributed by atoms with van der Waals surface area (Å²) < 4.78 is 5.51. The van der Waals surface area contributed by atoms with Crippen LogP contribution in [0, 0.1) is 11.3 Å². The third kappa shape index (κ3) is 3.04. The Kier molecular flexibility index (Phi) is 3.99. The van der Waals surface area contributed by atoms with Crippen LogP contribution in [0.25, 0.3) is 11.6 Å². The van der Waals surface area contributed by atoms with Gasteiger partial charge in [-0.2, -0.15) is 10.1 Å². The van der Waals surface area contributed by atoms with Crippen LogP contribution in [0.15, 0.2) is 10.9 Å². The first kappa shape index (κ1) is 15.1. The molecule has 1 saturated carbocycles. The first-order chi connectivity index (χ1) is 10.4. The highest BCUT2D eigenvalue weighted by molar-refractivity contribution is 5.39. The summed E-state index contributed by atoms with van der Waals surface area (Å²) in [5.41, 5.74) is -0.0203. The minimum atomic E-state index is -0.0203. The number of aromatic nitrogens is 5. The molecule has 0 saturated heterocycles. The van der Waals surface area contributed by atoms with E-state index in [9.17, 15) is 0 Å². The van der Waals surface area contributed by atoms with Gasteiger partial charge in [0.2, 0.25) is 11.7 Å². The number of H-pyrrole nitrogens is 1. The zero-order chi connectivity index (χ0) is 15.7. The van der Waals surface area contributed by atoms with Crippen molar-refractivity contribution >= 4 is 0 Å². The van der Waals surface area contributed by atoms with Gasteiger partial charge in [0.25, 0.3) is 0 Å². The molecule has 2 N–H and O–H groups in total. The standard InChI is InChI=1S/C15H24N6O/c1-9-6-5-7-10(9)18-11(15(2,3)4)14-19-13(21-22-14)12-16-8-17-20-12/h8-11,18H,5-7H2,1-4H3,(H,16,17,20)/t9-,10-,11-/m1/s1. The second-order valence-corrected chi connectivity index (χ2v) is 7.27. The van der Waals surface area contributed by atoms with Gasteiger partial charge in [0.1, 0.15) is 6.33 Å². The Labute approximate surface area is 130 Å². The molecule has 0 bridgehead atoms. The Balaban J connectivity index is 1.83. The molecular weight excluding hydrogens is 280 g/mol. The molecule has 120 valence electrons. The highest BCUT2D eigenvalue weighted by atomic mass is 16.5. The van der Waals surface area contributed by atoms with Gasteiger partial charge in [-0.05, 0) is 24.2 Å². The summed E-state index contributed by atoms with van der Waals surface area (Å²) in [5.74, 6) is 2.26. The summed E-state index contributed by atoms with van der Waals surface area (Å²) in [7, 11) is 0. The molecule has 0 radical (unpaired) electrons. The minimum absolute atomic E-state index is 0.0159. The molecule has 0 unspecified atom stereocenters. The van der Waals surface area contributed by atoms with E-state index in [-0.39, 0.29) is 11.5 Å². The number of hydrogen-bond acceptors (Lipinski definition) is 6. The fourth-order valence-corrected chi connectivity index (χ4v) is 3.06. The monoisotopic (exact) mass is 304 g/mol. The van der Waals surface area contributed by atoms with Gasteiger partial charge in [0, 0.05) is 6.04 Å². The molecule has 2 aromatic heterocycles. The lowest BCUT2D eigenvalue weighted by Gasteiger charge is -2.32. The quantitative estimate of drug-likeness (QED) is 0.902. The van der Waals surface area contributed by atoms with Crippen molar-refractivity contribution in [1.82, 2.24) is 30.6 Å². The maximum absolute atomic E-state index is 5.51. The number of aromatic amines is 1. The topological polar surface area (TPSA) is 92.5 Å². The Morgan fingerprint density at radius 3 is 2.77 bits per heavy atom. The molecular formula is C15H24N6O. The van der Waals surface area contributed by atoms with Gasteiger partial charge in [-0.1, -0.05) is 39.3 Å². The van der Waals surface area contributed by atoms with Gasteiger partial charge >= 0.3 is 0 Å². The van der Waals surface area contributed by atoms with Crippen molar-refractivity contribution in [2.24, 2.45) is 11.3 Å². The van der Waals surface area contributed by atoms with Gasteiger partial charge in [-0.3, -0.25) is 5.10 Å². The predicted octanol–water partition coefficient (Wildman–Crippen LogP) is 2.72. The molecule has 1 fully saturated rings. The Morgan fingerprint density at radius 2 is 2.18 bits per heavy atom. The van der Waals surface area contributed by atoms with E-state index in [2.05, 4.69) is 58.3 Å². The minimum Gasteiger partial charge on any atom is -0.337 e. The van der Waals surface area contributed by atoms with Crippen molar-refractivity contribution in [2.45, 2.75) is 59.0 Å². The molecule has 7 nitrogen and oxygen atoms in total. The van der Waals surface area contributed by atoms with Crippen LogP contribution >= 0.6 is 0 Å². The molecule has 0 spiro atoms. The summed E-state index contributed by atoms with van der Waals surface area (Å²) >= 11 is 0. The van der Waals surface area contributed by atoms with E-state index in [1.54, 1.807) is 0 Å². The Morgan fingerprint density at radius 1 is 1.36 bits per heavy atom. The number of hydrogen-bond donors (Lipinski definition) is 2. The Bertz CT molecular complexity index is 600. The van der Waals surface area contributed by atoms with Crippen LogP contribution in [0.4, 0.5) is 0 Å². The van der Waals surface area contributed by atoms with E-state index >= 15 is 0 Å². The lowest BCUT2D eigenvalue weighted by molar-refractivity contribution is 0.187. The van der Waals surface area contributed by atoms with Gasteiger partial charge in [-0.15, -0.1) is 0 Å². The van der Waals surface area contributed by atoms with E-state index in [0.717, 1.165) is 0 Å². The summed E-state index contributed by atoms with van der Waals surface area (Å²) in [6.07, 6.45) is 5.20. The lowest BCUT2D eigenvalue weighted by Crippen LogP contribution is -2.40. The van der Waals surface area contributed by atoms with Gasteiger partial charge in [0.15, 0.2) is 5.82 Å². The second kappa shape index (κ2) is 5.79. The van der Waals surface area contributed by atoms with E-state index in [0.29, 0.717) is 29.5 Å². The van der Waals surface area contributed by atoms with Crippen LogP contribution in [-0.4, -0.2) is 31.4 Å². The van der Waals surface area contributed by atoms with Crippen molar-refractivity contribution in [3.63, 3.8) is 0 Å². The molecule has 3 atom stereocenters. The largest absolute Gasteiger partial charge is 0.337 e. The van der Waals surface area contributed by atoms with Crippen LogP contribution in [0.3, 0.4) is 0 Å². The molecule has 0 aliphatic heterocycles. The van der Waals surface area contributed by atoms with Crippen LogP contribution in [-0.2, 0) is 0 Å². The molecule has 3 rings (SSSR count). The van der Waals surface area contributed by atoms with Crippen LogP contribution in [0.5, 0.6) is 0 Å². The molecule has 0 amide bonds. The average molecular weight is 304 g/mol. The zero-order valence-corrected chi connectivity index (χ0v) is 13.6. The molecule has 2 heterocycles. The zero-order valence-electron chi connectivity index (χ0n) is 13.6. The summed E-state index contributed by atoms with van der Waals surface area (Å²) in [4.78, 5) is 8.58. The smallest absolute Gasteiger partial charge is 0.244 e. The predicted molar refractivity (Wildman–Crippen MR) is 81.8 cm³/mol. The third-order valence-electron chi connectivity index (χ3n) is 4.42. The summed E-state index contributed by atoms with van der Waals surface area (Å²) in [5, 5.41) is 14.3. The van der Waals surface area contributed by atoms with E-state index in [1.165, 1.54) is 25.6 Å². The first-order valence-corrected chi connectivity index (χ1v) is 7.90. The van der Waals surface area contributed by atoms with Crippen molar-refractivity contribution in [2.75, 3.05) is 0 Å². The van der Waals surface area contributed by atoms with Crippen molar-refractivity contribution in [1.29, 1.82) is 0 Å². The average Bonchev–Trinajstić information content (AvgIpc) is 3.16. The van der Waals surface area contributed by atoms with Crippen LogP contribution in [0.2, 0.25) is 0 Å². The molecule has 22 heavy (non-hydrogen) atoms. The van der Waals surface area contributed by atoms with E-state index < -0.39 is 0 Å². The third-order valence-corrected chi connectivity index (χ3v) is 4.42. The van der Waals surface area contributed by atoms with E-state index in [4.69, 9.17) is 4.52 Å². The van der Waals surface area contributed by atoms with Crippen molar-refractivity contribution < 1.29 is 4.52 Å². The molecule has 2 aromatic rings. The van der Waals surface area contributed by atoms with Crippen molar-refractivity contribution in [3.8, 4) is 11.6 Å². The van der Waals surface area contributed by atoms with Gasteiger partial charge < -0.3 is 9.84 Å². The number of nitrogens with zero attached hydrogens (tertiary/aromatic N) is 4. The first-order valence-electron chi connectivity index (χ1n) is 7.90. The molecule has 0 aromatic carbocycles. The SMILES string of the molecule is C[C@@H]1CCC[C@H]1N[C@H](c1nc(-c2ncn[nH]2)no1)C(C)(C)C. The van der Waals surface area contributed by atoms with Gasteiger partial charge in [-0.25, -0.2) is 4.98 Å². The highest BCUT2D eigenvalue weighted by Gasteiger charge is 2.35. The lowest BCUT2D eigenvalue weighted by atomic mass is 9.85. The summed E-state index contributed by atoms with van der Waals surface area (Å²) in [6.45, 7) is 8.85. The Hall–Kier alpha value is -1.76. The van der Waals surface area contributed by atoms with Gasteiger partial charge in [0.05, 0.1) is 6.04 Å². The fraction of sp³-hybridized carbons (Fsp3) is 0.733. The van der Waals surface area contributed by atoms with Crippen LogP contribution in [0.1, 0.15) is 58.9 Å². The fourth-order valence-electron chi connectivity index (χ4n) is 3.06. The molecule has 7 heteroatoms. The second-order valence-electron chi connectivity index (χ2n) is 7.27. The van der Waals surface area contributed by atoms with Crippen molar-refractivity contribution in [3.05, 3.63) is 12.2 Å².